The Morgan fingerprint density at radius 2 is 1.90 bits per heavy atom. The number of anilines is 2. The molecule has 31 heavy (non-hydrogen) atoms. The Kier molecular flexibility index (Phi) is 6.94. The van der Waals surface area contributed by atoms with Crippen LogP contribution in [0, 0.1) is 20.8 Å². The molecule has 3 aromatic rings. The smallest absolute Gasteiger partial charge is 0.207 e. The normalized spacial score (nSPS) is 21.8. The van der Waals surface area contributed by atoms with Crippen molar-refractivity contribution in [2.24, 2.45) is 0 Å². The molecule has 9 heteroatoms. The van der Waals surface area contributed by atoms with Gasteiger partial charge in [0.1, 0.15) is 5.82 Å². The summed E-state index contributed by atoms with van der Waals surface area (Å²) < 4.78 is 0. The Labute approximate surface area is 190 Å². The third-order valence-electron chi connectivity index (χ3n) is 5.56. The largest absolute Gasteiger partial charge is 0.356 e. The van der Waals surface area contributed by atoms with Gasteiger partial charge in [0, 0.05) is 29.7 Å². The van der Waals surface area contributed by atoms with Gasteiger partial charge in [-0.05, 0) is 58.1 Å². The summed E-state index contributed by atoms with van der Waals surface area (Å²) in [5.41, 5.74) is 3.16. The van der Waals surface area contributed by atoms with Crippen LogP contribution >= 0.6 is 22.7 Å². The summed E-state index contributed by atoms with van der Waals surface area (Å²) in [6.07, 6.45) is 7.50. The van der Waals surface area contributed by atoms with E-state index in [9.17, 15) is 4.79 Å². The molecule has 0 aliphatic carbocycles. The number of carbonyl (C=O) groups excluding carboxylic acids is 1. The number of hydrogen-bond donors (Lipinski definition) is 3. The van der Waals surface area contributed by atoms with Crippen LogP contribution in [-0.4, -0.2) is 39.5 Å². The standard InChI is InChI=1S/C14H14N4S2.C8H14N2O/c1-8-4-5-12(15-6-8)18-14-17-11(7-19-14)13-9(2)16-10(3)20-13;11-5-9-8-3-6-1-2-7(4-8)10-6/h4-7H,1-3H3,(H,15,17,18);5-8,10H,1-4H2,(H,9,11)/t;6-,7+,8?. The zero-order valence-electron chi connectivity index (χ0n) is 18.0. The molecule has 2 bridgehead atoms. The van der Waals surface area contributed by atoms with E-state index in [1.54, 1.807) is 22.7 Å². The summed E-state index contributed by atoms with van der Waals surface area (Å²) in [5.74, 6) is 0.814. The molecule has 1 amide bonds. The molecule has 0 radical (unpaired) electrons. The number of aryl methyl sites for hydroxylation is 3. The number of pyridine rings is 1. The Balaban J connectivity index is 0.000000177. The Morgan fingerprint density at radius 1 is 1.13 bits per heavy atom. The summed E-state index contributed by atoms with van der Waals surface area (Å²) in [6, 6.07) is 5.77. The first-order valence-corrected chi connectivity index (χ1v) is 12.2. The van der Waals surface area contributed by atoms with Gasteiger partial charge in [0.25, 0.3) is 0 Å². The molecule has 3 atom stereocenters. The maximum Gasteiger partial charge on any atom is 0.207 e. The number of piperidine rings is 1. The van der Waals surface area contributed by atoms with E-state index in [2.05, 4.69) is 36.3 Å². The van der Waals surface area contributed by atoms with Crippen molar-refractivity contribution in [2.75, 3.05) is 5.32 Å². The van der Waals surface area contributed by atoms with E-state index < -0.39 is 0 Å². The first-order chi connectivity index (χ1) is 15.0. The molecule has 2 fully saturated rings. The molecule has 1 unspecified atom stereocenters. The van der Waals surface area contributed by atoms with Crippen molar-refractivity contribution in [1.82, 2.24) is 25.6 Å². The van der Waals surface area contributed by atoms with Gasteiger partial charge in [0.15, 0.2) is 5.13 Å². The number of hydrogen-bond acceptors (Lipinski definition) is 8. The van der Waals surface area contributed by atoms with Crippen LogP contribution in [0.1, 0.15) is 41.9 Å². The van der Waals surface area contributed by atoms with E-state index in [4.69, 9.17) is 0 Å². The van der Waals surface area contributed by atoms with Crippen molar-refractivity contribution < 1.29 is 4.79 Å². The minimum absolute atomic E-state index is 0.436. The maximum absolute atomic E-state index is 10.2. The van der Waals surface area contributed by atoms with Crippen LogP contribution < -0.4 is 16.0 Å². The maximum atomic E-state index is 10.2. The predicted octanol–water partition coefficient (Wildman–Crippen LogP) is 4.35. The topological polar surface area (TPSA) is 91.8 Å². The number of rotatable bonds is 5. The van der Waals surface area contributed by atoms with Crippen LogP contribution in [-0.2, 0) is 4.79 Å². The van der Waals surface area contributed by atoms with E-state index in [1.165, 1.54) is 12.8 Å². The van der Waals surface area contributed by atoms with E-state index >= 15 is 0 Å². The highest BCUT2D eigenvalue weighted by atomic mass is 32.1. The zero-order valence-corrected chi connectivity index (χ0v) is 19.6. The van der Waals surface area contributed by atoms with Gasteiger partial charge in [0.05, 0.1) is 21.3 Å². The van der Waals surface area contributed by atoms with Gasteiger partial charge in [-0.15, -0.1) is 22.7 Å². The Bertz CT molecular complexity index is 1000. The highest BCUT2D eigenvalue weighted by molar-refractivity contribution is 7.16. The van der Waals surface area contributed by atoms with Crippen LogP contribution in [0.25, 0.3) is 10.6 Å². The van der Waals surface area contributed by atoms with Crippen LogP contribution in [0.15, 0.2) is 23.7 Å². The summed E-state index contributed by atoms with van der Waals surface area (Å²) in [7, 11) is 0. The molecule has 5 heterocycles. The summed E-state index contributed by atoms with van der Waals surface area (Å²) in [6.45, 7) is 6.06. The first kappa shape index (κ1) is 21.9. The molecule has 2 aliphatic heterocycles. The SMILES string of the molecule is Cc1ccc(Nc2nc(-c3sc(C)nc3C)cs2)nc1.O=CNC1C[C@H]2CC[C@@H](C1)N2. The lowest BCUT2D eigenvalue weighted by Crippen LogP contribution is -2.45. The molecular formula is C22H28N6OS2. The lowest BCUT2D eigenvalue weighted by molar-refractivity contribution is -0.110. The molecule has 0 saturated carbocycles. The quantitative estimate of drug-likeness (QED) is 0.495. The fourth-order valence-electron chi connectivity index (χ4n) is 4.15. The van der Waals surface area contributed by atoms with Gasteiger partial charge in [0.2, 0.25) is 6.41 Å². The molecule has 0 spiro atoms. The highest BCUT2D eigenvalue weighted by Gasteiger charge is 2.32. The first-order valence-electron chi connectivity index (χ1n) is 10.6. The van der Waals surface area contributed by atoms with Gasteiger partial charge in [-0.3, -0.25) is 4.79 Å². The van der Waals surface area contributed by atoms with Crippen molar-refractivity contribution in [2.45, 2.75) is 64.6 Å². The van der Waals surface area contributed by atoms with Crippen LogP contribution in [0.5, 0.6) is 0 Å². The molecular weight excluding hydrogens is 428 g/mol. The molecule has 2 aliphatic rings. The second-order valence-corrected chi connectivity index (χ2v) is 10.2. The predicted molar refractivity (Wildman–Crippen MR) is 127 cm³/mol. The third-order valence-corrected chi connectivity index (χ3v) is 7.42. The average molecular weight is 457 g/mol. The van der Waals surface area contributed by atoms with E-state index in [0.717, 1.165) is 57.0 Å². The molecule has 164 valence electrons. The molecule has 3 N–H and O–H groups in total. The van der Waals surface area contributed by atoms with Crippen molar-refractivity contribution in [3.8, 4) is 10.6 Å². The number of carbonyl (C=O) groups is 1. The van der Waals surface area contributed by atoms with E-state index in [-0.39, 0.29) is 0 Å². The average Bonchev–Trinajstić information content (AvgIpc) is 3.43. The third kappa shape index (κ3) is 5.66. The fraction of sp³-hybridized carbons (Fsp3) is 0.455. The minimum Gasteiger partial charge on any atom is -0.356 e. The second-order valence-electron chi connectivity index (χ2n) is 8.12. The molecule has 5 rings (SSSR count). The zero-order chi connectivity index (χ0) is 21.8. The van der Waals surface area contributed by atoms with Crippen molar-refractivity contribution in [1.29, 1.82) is 0 Å². The van der Waals surface area contributed by atoms with Crippen LogP contribution in [0.2, 0.25) is 0 Å². The number of thiazole rings is 2. The van der Waals surface area contributed by atoms with Gasteiger partial charge in [-0.2, -0.15) is 0 Å². The molecule has 7 nitrogen and oxygen atoms in total. The van der Waals surface area contributed by atoms with E-state index in [0.29, 0.717) is 18.1 Å². The summed E-state index contributed by atoms with van der Waals surface area (Å²) in [4.78, 5) is 24.7. The monoisotopic (exact) mass is 456 g/mol. The molecule has 2 saturated heterocycles. The second kappa shape index (κ2) is 9.84. The van der Waals surface area contributed by atoms with Crippen molar-refractivity contribution >= 4 is 40.0 Å². The van der Waals surface area contributed by atoms with E-state index in [1.807, 2.05) is 39.1 Å². The summed E-state index contributed by atoms with van der Waals surface area (Å²) >= 11 is 3.26. The lowest BCUT2D eigenvalue weighted by Gasteiger charge is -2.28. The Morgan fingerprint density at radius 3 is 2.52 bits per heavy atom. The van der Waals surface area contributed by atoms with Gasteiger partial charge in [-0.1, -0.05) is 6.07 Å². The van der Waals surface area contributed by atoms with Gasteiger partial charge in [-0.25, -0.2) is 15.0 Å². The van der Waals surface area contributed by atoms with Crippen molar-refractivity contribution in [3.05, 3.63) is 40.0 Å². The number of nitrogens with zero attached hydrogens (tertiary/aromatic N) is 3. The highest BCUT2D eigenvalue weighted by Crippen LogP contribution is 2.32. The number of nitrogens with one attached hydrogen (secondary N) is 3. The number of fused-ring (bicyclic) bond motifs is 2. The van der Waals surface area contributed by atoms with Crippen LogP contribution in [0.4, 0.5) is 10.9 Å². The number of aromatic nitrogens is 3. The molecule has 3 aromatic heterocycles. The van der Waals surface area contributed by atoms with Gasteiger partial charge >= 0.3 is 0 Å². The van der Waals surface area contributed by atoms with Crippen LogP contribution in [0.3, 0.4) is 0 Å². The molecule has 0 aromatic carbocycles. The summed E-state index contributed by atoms with van der Waals surface area (Å²) in [5, 5.41) is 13.6. The Hall–Kier alpha value is -2.36. The lowest BCUT2D eigenvalue weighted by atomic mass is 10.0. The van der Waals surface area contributed by atoms with Crippen molar-refractivity contribution in [3.63, 3.8) is 0 Å². The fourth-order valence-corrected chi connectivity index (χ4v) is 5.81. The number of amides is 1. The minimum atomic E-state index is 0.436. The van der Waals surface area contributed by atoms with Gasteiger partial charge < -0.3 is 16.0 Å².